The molecular weight excluding hydrogens is 196 g/mol. The number of rotatable bonds is 2. The number of aromatic nitrogens is 1. The standard InChI is InChI=1S/C9H14N4S/c10-12-9-7-8(1-2-11-9)13-3-5-14-6-4-13/h1-2,7H,3-6,10H2,(H,11,12). The summed E-state index contributed by atoms with van der Waals surface area (Å²) < 4.78 is 0. The smallest absolute Gasteiger partial charge is 0.141 e. The molecule has 0 spiro atoms. The Labute approximate surface area is 87.8 Å². The van der Waals surface area contributed by atoms with Crippen molar-refractivity contribution in [3.63, 3.8) is 0 Å². The number of thioether (sulfide) groups is 1. The second-order valence-electron chi connectivity index (χ2n) is 3.14. The van der Waals surface area contributed by atoms with E-state index >= 15 is 0 Å². The van der Waals surface area contributed by atoms with Crippen molar-refractivity contribution in [3.05, 3.63) is 18.3 Å². The van der Waals surface area contributed by atoms with Gasteiger partial charge in [0.05, 0.1) is 0 Å². The Balaban J connectivity index is 2.13. The highest BCUT2D eigenvalue weighted by Crippen LogP contribution is 2.20. The molecule has 5 heteroatoms. The van der Waals surface area contributed by atoms with Crippen LogP contribution in [-0.2, 0) is 0 Å². The minimum absolute atomic E-state index is 0.723. The van der Waals surface area contributed by atoms with Crippen LogP contribution in [0.4, 0.5) is 11.5 Å². The lowest BCUT2D eigenvalue weighted by Gasteiger charge is -2.28. The second-order valence-corrected chi connectivity index (χ2v) is 4.37. The molecule has 1 aromatic rings. The van der Waals surface area contributed by atoms with E-state index in [9.17, 15) is 0 Å². The normalized spacial score (nSPS) is 16.8. The van der Waals surface area contributed by atoms with Crippen LogP contribution in [-0.4, -0.2) is 29.6 Å². The number of nitrogens with two attached hydrogens (primary N) is 1. The van der Waals surface area contributed by atoms with Crippen LogP contribution >= 0.6 is 11.8 Å². The maximum Gasteiger partial charge on any atom is 0.141 e. The molecule has 1 aliphatic rings. The van der Waals surface area contributed by atoms with Crippen LogP contribution in [0.3, 0.4) is 0 Å². The SMILES string of the molecule is NNc1cc(N2CCSCC2)ccn1. The van der Waals surface area contributed by atoms with E-state index in [1.807, 2.05) is 23.9 Å². The molecular formula is C9H14N4S. The number of anilines is 2. The van der Waals surface area contributed by atoms with E-state index in [-0.39, 0.29) is 0 Å². The predicted molar refractivity (Wildman–Crippen MR) is 61.6 cm³/mol. The number of nitrogen functional groups attached to an aromatic ring is 1. The van der Waals surface area contributed by atoms with Gasteiger partial charge in [-0.05, 0) is 6.07 Å². The summed E-state index contributed by atoms with van der Waals surface area (Å²) in [5, 5.41) is 0. The van der Waals surface area contributed by atoms with E-state index in [1.54, 1.807) is 6.20 Å². The molecule has 2 rings (SSSR count). The van der Waals surface area contributed by atoms with Crippen LogP contribution in [0.5, 0.6) is 0 Å². The van der Waals surface area contributed by atoms with Gasteiger partial charge in [0.1, 0.15) is 5.82 Å². The van der Waals surface area contributed by atoms with E-state index in [0.29, 0.717) is 0 Å². The number of hydrogen-bond acceptors (Lipinski definition) is 5. The fourth-order valence-electron chi connectivity index (χ4n) is 1.52. The Hall–Kier alpha value is -0.940. The van der Waals surface area contributed by atoms with Crippen molar-refractivity contribution in [1.29, 1.82) is 0 Å². The number of hydrogen-bond donors (Lipinski definition) is 2. The van der Waals surface area contributed by atoms with Gasteiger partial charge in [-0.25, -0.2) is 10.8 Å². The molecule has 0 bridgehead atoms. The van der Waals surface area contributed by atoms with Crippen molar-refractivity contribution in [2.75, 3.05) is 34.9 Å². The van der Waals surface area contributed by atoms with Crippen molar-refractivity contribution >= 4 is 23.3 Å². The van der Waals surface area contributed by atoms with Gasteiger partial charge in [-0.1, -0.05) is 0 Å². The molecule has 4 nitrogen and oxygen atoms in total. The summed E-state index contributed by atoms with van der Waals surface area (Å²) in [4.78, 5) is 6.44. The Kier molecular flexibility index (Phi) is 3.10. The van der Waals surface area contributed by atoms with Crippen LogP contribution in [0, 0.1) is 0 Å². The van der Waals surface area contributed by atoms with Gasteiger partial charge in [-0.3, -0.25) is 0 Å². The molecule has 1 saturated heterocycles. The minimum atomic E-state index is 0.723. The molecule has 0 unspecified atom stereocenters. The number of pyridine rings is 1. The Morgan fingerprint density at radius 3 is 2.93 bits per heavy atom. The predicted octanol–water partition coefficient (Wildman–Crippen LogP) is 0.920. The van der Waals surface area contributed by atoms with Crippen LogP contribution in [0.15, 0.2) is 18.3 Å². The van der Waals surface area contributed by atoms with E-state index in [2.05, 4.69) is 15.3 Å². The first-order chi connectivity index (χ1) is 6.90. The molecule has 76 valence electrons. The largest absolute Gasteiger partial charge is 0.370 e. The molecule has 0 atom stereocenters. The van der Waals surface area contributed by atoms with Crippen molar-refractivity contribution < 1.29 is 0 Å². The summed E-state index contributed by atoms with van der Waals surface area (Å²) in [5.41, 5.74) is 3.77. The fourth-order valence-corrected chi connectivity index (χ4v) is 2.42. The van der Waals surface area contributed by atoms with Gasteiger partial charge in [-0.15, -0.1) is 0 Å². The zero-order chi connectivity index (χ0) is 9.80. The third-order valence-electron chi connectivity index (χ3n) is 2.27. The maximum atomic E-state index is 5.31. The van der Waals surface area contributed by atoms with Crippen LogP contribution in [0.1, 0.15) is 0 Å². The highest BCUT2D eigenvalue weighted by molar-refractivity contribution is 7.99. The van der Waals surface area contributed by atoms with Crippen LogP contribution < -0.4 is 16.2 Å². The Morgan fingerprint density at radius 2 is 2.21 bits per heavy atom. The van der Waals surface area contributed by atoms with E-state index in [1.165, 1.54) is 17.2 Å². The average molecular weight is 210 g/mol. The molecule has 0 amide bonds. The second kappa shape index (κ2) is 4.52. The Bertz CT molecular complexity index is 299. The van der Waals surface area contributed by atoms with Gasteiger partial charge in [0, 0.05) is 42.5 Å². The lowest BCUT2D eigenvalue weighted by molar-refractivity contribution is 0.857. The summed E-state index contributed by atoms with van der Waals surface area (Å²) in [6.45, 7) is 2.22. The highest BCUT2D eigenvalue weighted by Gasteiger charge is 2.11. The molecule has 3 N–H and O–H groups in total. The monoisotopic (exact) mass is 210 g/mol. The van der Waals surface area contributed by atoms with Gasteiger partial charge >= 0.3 is 0 Å². The maximum absolute atomic E-state index is 5.31. The average Bonchev–Trinajstić information content (AvgIpc) is 2.30. The van der Waals surface area contributed by atoms with Gasteiger partial charge in [0.25, 0.3) is 0 Å². The third kappa shape index (κ3) is 2.10. The molecule has 2 heterocycles. The molecule has 0 aromatic carbocycles. The van der Waals surface area contributed by atoms with Gasteiger partial charge in [0.2, 0.25) is 0 Å². The molecule has 14 heavy (non-hydrogen) atoms. The summed E-state index contributed by atoms with van der Waals surface area (Å²) in [6.07, 6.45) is 1.78. The summed E-state index contributed by atoms with van der Waals surface area (Å²) in [6, 6.07) is 4.01. The molecule has 0 aliphatic carbocycles. The van der Waals surface area contributed by atoms with Gasteiger partial charge in [-0.2, -0.15) is 11.8 Å². The van der Waals surface area contributed by atoms with Crippen molar-refractivity contribution in [1.82, 2.24) is 4.98 Å². The first-order valence-electron chi connectivity index (χ1n) is 4.65. The van der Waals surface area contributed by atoms with Crippen molar-refractivity contribution in [2.45, 2.75) is 0 Å². The quantitative estimate of drug-likeness (QED) is 0.561. The summed E-state index contributed by atoms with van der Waals surface area (Å²) >= 11 is 2.01. The number of nitrogens with one attached hydrogen (secondary N) is 1. The minimum Gasteiger partial charge on any atom is -0.370 e. The van der Waals surface area contributed by atoms with Crippen molar-refractivity contribution in [3.8, 4) is 0 Å². The fraction of sp³-hybridized carbons (Fsp3) is 0.444. The topological polar surface area (TPSA) is 54.2 Å². The highest BCUT2D eigenvalue weighted by atomic mass is 32.2. The number of nitrogens with zero attached hydrogens (tertiary/aromatic N) is 2. The molecule has 1 aromatic heterocycles. The molecule has 1 aliphatic heterocycles. The van der Waals surface area contributed by atoms with Crippen molar-refractivity contribution in [2.24, 2.45) is 5.84 Å². The lowest BCUT2D eigenvalue weighted by Crippen LogP contribution is -2.32. The zero-order valence-corrected chi connectivity index (χ0v) is 8.76. The number of hydrazine groups is 1. The molecule has 0 radical (unpaired) electrons. The summed E-state index contributed by atoms with van der Waals surface area (Å²) in [7, 11) is 0. The van der Waals surface area contributed by atoms with Crippen LogP contribution in [0.2, 0.25) is 0 Å². The van der Waals surface area contributed by atoms with E-state index < -0.39 is 0 Å². The third-order valence-corrected chi connectivity index (χ3v) is 3.21. The van der Waals surface area contributed by atoms with Gasteiger partial charge < -0.3 is 10.3 Å². The van der Waals surface area contributed by atoms with Gasteiger partial charge in [0.15, 0.2) is 0 Å². The molecule has 1 fully saturated rings. The van der Waals surface area contributed by atoms with Crippen LogP contribution in [0.25, 0.3) is 0 Å². The lowest BCUT2D eigenvalue weighted by atomic mass is 10.3. The zero-order valence-electron chi connectivity index (χ0n) is 7.94. The Morgan fingerprint density at radius 1 is 1.43 bits per heavy atom. The first kappa shape index (κ1) is 9.61. The van der Waals surface area contributed by atoms with E-state index in [4.69, 9.17) is 5.84 Å². The summed E-state index contributed by atoms with van der Waals surface area (Å²) in [5.74, 6) is 8.44. The first-order valence-corrected chi connectivity index (χ1v) is 5.81. The molecule has 0 saturated carbocycles. The van der Waals surface area contributed by atoms with E-state index in [0.717, 1.165) is 18.9 Å².